The second-order valence-corrected chi connectivity index (χ2v) is 5.63. The van der Waals surface area contributed by atoms with E-state index in [2.05, 4.69) is 10.1 Å². The van der Waals surface area contributed by atoms with Crippen LogP contribution in [0.1, 0.15) is 25.0 Å². The van der Waals surface area contributed by atoms with E-state index >= 15 is 0 Å². The molecular weight excluding hydrogens is 282 g/mol. The highest BCUT2D eigenvalue weighted by atomic mass is 32.2. The Morgan fingerprint density at radius 1 is 1.55 bits per heavy atom. The third-order valence-corrected chi connectivity index (χ3v) is 3.70. The number of aliphatic hydroxyl groups excluding tert-OH is 2. The lowest BCUT2D eigenvalue weighted by atomic mass is 10.1. The molecule has 0 saturated heterocycles. The summed E-state index contributed by atoms with van der Waals surface area (Å²) in [6.07, 6.45) is 0.908. The minimum atomic E-state index is -1.12. The number of aromatic nitrogens is 3. The molecule has 0 radical (unpaired) electrons. The summed E-state index contributed by atoms with van der Waals surface area (Å²) in [7, 11) is 0. The van der Waals surface area contributed by atoms with Crippen LogP contribution in [0.2, 0.25) is 0 Å². The quantitative estimate of drug-likeness (QED) is 0.722. The van der Waals surface area contributed by atoms with Crippen molar-refractivity contribution in [3.63, 3.8) is 0 Å². The van der Waals surface area contributed by atoms with Gasteiger partial charge in [0.1, 0.15) is 17.9 Å². The lowest BCUT2D eigenvalue weighted by Gasteiger charge is -2.15. The summed E-state index contributed by atoms with van der Waals surface area (Å²) in [6.45, 7) is 1.45. The Morgan fingerprint density at radius 2 is 2.30 bits per heavy atom. The number of nitrogens with one attached hydrogen (secondary N) is 1. The van der Waals surface area contributed by atoms with Crippen molar-refractivity contribution in [3.05, 3.63) is 34.5 Å². The maximum absolute atomic E-state index is 11.5. The van der Waals surface area contributed by atoms with Gasteiger partial charge in [0, 0.05) is 24.4 Å². The first kappa shape index (κ1) is 14.8. The SMILES string of the molecule is CC(=O)SCCC(O)C(O)c1cc2c(=O)[nH]cnn2c1. The smallest absolute Gasteiger partial charge is 0.275 e. The summed E-state index contributed by atoms with van der Waals surface area (Å²) in [5.41, 5.74) is 0.390. The van der Waals surface area contributed by atoms with E-state index in [1.807, 2.05) is 0 Å². The van der Waals surface area contributed by atoms with Crippen LogP contribution in [0.25, 0.3) is 5.52 Å². The first-order valence-corrected chi connectivity index (χ1v) is 7.03. The van der Waals surface area contributed by atoms with E-state index in [0.717, 1.165) is 11.8 Å². The van der Waals surface area contributed by atoms with Crippen LogP contribution in [0.4, 0.5) is 0 Å². The average Bonchev–Trinajstić information content (AvgIpc) is 2.82. The van der Waals surface area contributed by atoms with Crippen LogP contribution in [-0.2, 0) is 4.79 Å². The Labute approximate surface area is 118 Å². The molecule has 2 aromatic heterocycles. The van der Waals surface area contributed by atoms with Crippen LogP contribution in [0.15, 0.2) is 23.4 Å². The molecule has 108 valence electrons. The molecule has 8 heteroatoms. The molecule has 0 aliphatic carbocycles. The molecule has 2 aromatic rings. The highest BCUT2D eigenvalue weighted by molar-refractivity contribution is 8.13. The highest BCUT2D eigenvalue weighted by Gasteiger charge is 2.20. The molecule has 0 spiro atoms. The summed E-state index contributed by atoms with van der Waals surface area (Å²) in [5, 5.41) is 23.8. The van der Waals surface area contributed by atoms with Crippen molar-refractivity contribution in [2.24, 2.45) is 0 Å². The molecule has 3 N–H and O–H groups in total. The van der Waals surface area contributed by atoms with Crippen LogP contribution < -0.4 is 5.56 Å². The normalized spacial score (nSPS) is 14.3. The van der Waals surface area contributed by atoms with E-state index in [1.54, 1.807) is 0 Å². The van der Waals surface area contributed by atoms with Crippen molar-refractivity contribution in [2.75, 3.05) is 5.75 Å². The third kappa shape index (κ3) is 3.27. The van der Waals surface area contributed by atoms with Gasteiger partial charge < -0.3 is 15.2 Å². The number of thioether (sulfide) groups is 1. The monoisotopic (exact) mass is 297 g/mol. The molecule has 20 heavy (non-hydrogen) atoms. The molecule has 2 heterocycles. The Balaban J connectivity index is 2.10. The molecule has 7 nitrogen and oxygen atoms in total. The molecule has 0 aliphatic rings. The largest absolute Gasteiger partial charge is 0.390 e. The maximum Gasteiger partial charge on any atom is 0.275 e. The summed E-state index contributed by atoms with van der Waals surface area (Å²) in [5.74, 6) is 0.430. The zero-order chi connectivity index (χ0) is 14.7. The fraction of sp³-hybridized carbons (Fsp3) is 0.417. The standard InChI is InChI=1S/C12H15N3O4S/c1-7(16)20-3-2-10(17)11(18)8-4-9-12(19)13-6-14-15(9)5-8/h4-6,10-11,17-18H,2-3H2,1H3,(H,13,14,19). The molecule has 0 aliphatic heterocycles. The van der Waals surface area contributed by atoms with Crippen LogP contribution >= 0.6 is 11.8 Å². The zero-order valence-electron chi connectivity index (χ0n) is 10.8. The number of rotatable bonds is 5. The lowest BCUT2D eigenvalue weighted by molar-refractivity contribution is -0.109. The minimum absolute atomic E-state index is 0.0305. The Kier molecular flexibility index (Phi) is 4.58. The van der Waals surface area contributed by atoms with Gasteiger partial charge >= 0.3 is 0 Å². The average molecular weight is 297 g/mol. The van der Waals surface area contributed by atoms with E-state index < -0.39 is 12.2 Å². The molecule has 0 bridgehead atoms. The third-order valence-electron chi connectivity index (χ3n) is 2.86. The summed E-state index contributed by atoms with van der Waals surface area (Å²) in [6, 6.07) is 1.48. The van der Waals surface area contributed by atoms with E-state index in [9.17, 15) is 19.8 Å². The first-order chi connectivity index (χ1) is 9.49. The Bertz CT molecular complexity index is 666. The number of hydrogen-bond donors (Lipinski definition) is 3. The van der Waals surface area contributed by atoms with Crippen molar-refractivity contribution < 1.29 is 15.0 Å². The van der Waals surface area contributed by atoms with E-state index in [1.165, 1.54) is 30.0 Å². The van der Waals surface area contributed by atoms with Gasteiger partial charge in [-0.1, -0.05) is 11.8 Å². The van der Waals surface area contributed by atoms with Crippen LogP contribution in [-0.4, -0.2) is 41.8 Å². The predicted octanol–water partition coefficient (Wildman–Crippen LogP) is 0.0867. The minimum Gasteiger partial charge on any atom is -0.390 e. The molecule has 0 aromatic carbocycles. The van der Waals surface area contributed by atoms with Gasteiger partial charge in [-0.15, -0.1) is 0 Å². The van der Waals surface area contributed by atoms with Crippen molar-refractivity contribution >= 4 is 22.4 Å². The summed E-state index contributed by atoms with van der Waals surface area (Å²) in [4.78, 5) is 24.7. The number of fused-ring (bicyclic) bond motifs is 1. The number of H-pyrrole nitrogens is 1. The molecule has 0 fully saturated rings. The fourth-order valence-corrected chi connectivity index (χ4v) is 2.47. The van der Waals surface area contributed by atoms with Gasteiger partial charge in [0.2, 0.25) is 0 Å². The molecular formula is C12H15N3O4S. The highest BCUT2D eigenvalue weighted by Crippen LogP contribution is 2.21. The van der Waals surface area contributed by atoms with Gasteiger partial charge in [-0.3, -0.25) is 9.59 Å². The van der Waals surface area contributed by atoms with Crippen molar-refractivity contribution in [2.45, 2.75) is 25.6 Å². The van der Waals surface area contributed by atoms with E-state index in [-0.39, 0.29) is 17.1 Å². The van der Waals surface area contributed by atoms with Crippen molar-refractivity contribution in [1.82, 2.24) is 14.6 Å². The van der Waals surface area contributed by atoms with Crippen LogP contribution in [0.3, 0.4) is 0 Å². The lowest BCUT2D eigenvalue weighted by Crippen LogP contribution is -2.18. The van der Waals surface area contributed by atoms with Gasteiger partial charge in [-0.25, -0.2) is 4.52 Å². The van der Waals surface area contributed by atoms with Crippen molar-refractivity contribution in [1.29, 1.82) is 0 Å². The number of carbonyl (C=O) groups excluding carboxylic acids is 1. The Hall–Kier alpha value is -1.64. The number of hydrogen-bond acceptors (Lipinski definition) is 6. The molecule has 2 unspecified atom stereocenters. The second kappa shape index (κ2) is 6.21. The van der Waals surface area contributed by atoms with Gasteiger partial charge in [0.05, 0.1) is 6.10 Å². The van der Waals surface area contributed by atoms with Crippen LogP contribution in [0, 0.1) is 0 Å². The second-order valence-electron chi connectivity index (χ2n) is 4.36. The Morgan fingerprint density at radius 3 is 2.95 bits per heavy atom. The summed E-state index contributed by atoms with van der Waals surface area (Å²) < 4.78 is 1.34. The molecule has 2 rings (SSSR count). The topological polar surface area (TPSA) is 108 Å². The predicted molar refractivity (Wildman–Crippen MR) is 74.5 cm³/mol. The number of aromatic amines is 1. The van der Waals surface area contributed by atoms with Gasteiger partial charge in [-0.05, 0) is 12.5 Å². The van der Waals surface area contributed by atoms with E-state index in [4.69, 9.17) is 0 Å². The maximum atomic E-state index is 11.5. The number of carbonyl (C=O) groups is 1. The van der Waals surface area contributed by atoms with Crippen molar-refractivity contribution in [3.8, 4) is 0 Å². The van der Waals surface area contributed by atoms with E-state index in [0.29, 0.717) is 16.8 Å². The molecule has 0 amide bonds. The molecule has 0 saturated carbocycles. The van der Waals surface area contributed by atoms with Gasteiger partial charge in [0.25, 0.3) is 5.56 Å². The number of nitrogens with zero attached hydrogens (tertiary/aromatic N) is 2. The fourth-order valence-electron chi connectivity index (χ4n) is 1.83. The van der Waals surface area contributed by atoms with Gasteiger partial charge in [-0.2, -0.15) is 5.10 Å². The van der Waals surface area contributed by atoms with Gasteiger partial charge in [0.15, 0.2) is 5.12 Å². The van der Waals surface area contributed by atoms with Crippen LogP contribution in [0.5, 0.6) is 0 Å². The molecule has 2 atom stereocenters. The first-order valence-electron chi connectivity index (χ1n) is 6.04. The number of aliphatic hydroxyl groups is 2. The summed E-state index contributed by atoms with van der Waals surface area (Å²) >= 11 is 1.10. The zero-order valence-corrected chi connectivity index (χ0v) is 11.6.